The molecule has 0 amide bonds. The minimum Gasteiger partial charge on any atom is -0.493 e. The van der Waals surface area contributed by atoms with Gasteiger partial charge in [-0.2, -0.15) is 0 Å². The van der Waals surface area contributed by atoms with E-state index in [2.05, 4.69) is 0 Å². The molecular formula is C23H24O3. The normalized spacial score (nSPS) is 11.3. The van der Waals surface area contributed by atoms with Crippen LogP contribution in [0, 0.1) is 0 Å². The third kappa shape index (κ3) is 3.50. The van der Waals surface area contributed by atoms with Crippen molar-refractivity contribution in [1.82, 2.24) is 0 Å². The summed E-state index contributed by atoms with van der Waals surface area (Å²) in [4.78, 5) is 0. The molecule has 0 saturated heterocycles. The predicted molar refractivity (Wildman–Crippen MR) is 103 cm³/mol. The molecule has 0 aliphatic carbocycles. The molecule has 0 heterocycles. The van der Waals surface area contributed by atoms with Gasteiger partial charge in [-0.05, 0) is 24.1 Å². The van der Waals surface area contributed by atoms with Gasteiger partial charge in [-0.25, -0.2) is 0 Å². The van der Waals surface area contributed by atoms with Gasteiger partial charge in [0, 0.05) is 5.56 Å². The molecule has 3 rings (SSSR count). The number of ether oxygens (including phenoxy) is 2. The Morgan fingerprint density at radius 1 is 0.769 bits per heavy atom. The largest absolute Gasteiger partial charge is 0.493 e. The third-order valence-corrected chi connectivity index (χ3v) is 4.34. The van der Waals surface area contributed by atoms with Crippen molar-refractivity contribution in [3.63, 3.8) is 0 Å². The van der Waals surface area contributed by atoms with Gasteiger partial charge in [-0.15, -0.1) is 0 Å². The lowest BCUT2D eigenvalue weighted by Crippen LogP contribution is -2.34. The van der Waals surface area contributed by atoms with E-state index in [1.54, 1.807) is 0 Å². The highest BCUT2D eigenvalue weighted by atomic mass is 16.5. The number of benzene rings is 3. The molecule has 0 aliphatic rings. The van der Waals surface area contributed by atoms with Crippen LogP contribution in [0.5, 0.6) is 5.75 Å². The Kier molecular flexibility index (Phi) is 6.05. The van der Waals surface area contributed by atoms with Gasteiger partial charge in [0.15, 0.2) is 0 Å². The van der Waals surface area contributed by atoms with Crippen LogP contribution in [0.4, 0.5) is 0 Å². The van der Waals surface area contributed by atoms with E-state index in [-0.39, 0.29) is 13.2 Å². The number of rotatable bonds is 8. The van der Waals surface area contributed by atoms with E-state index in [0.29, 0.717) is 6.61 Å². The van der Waals surface area contributed by atoms with E-state index in [1.807, 2.05) is 91.9 Å². The second kappa shape index (κ2) is 8.65. The quantitative estimate of drug-likeness (QED) is 0.614. The smallest absolute Gasteiger partial charge is 0.147 e. The SMILES string of the molecule is CCOc1ccccc1C(OCCO)(c1ccccc1)c1ccccc1. The van der Waals surface area contributed by atoms with Crippen LogP contribution in [-0.4, -0.2) is 24.9 Å². The standard InChI is InChI=1S/C23H24O3/c1-2-25-22-16-10-9-15-21(22)23(26-18-17-24,19-11-5-3-6-12-19)20-13-7-4-8-14-20/h3-16,24H,2,17-18H2,1H3. The molecule has 3 aromatic rings. The van der Waals surface area contributed by atoms with Gasteiger partial charge in [0.1, 0.15) is 11.4 Å². The Balaban J connectivity index is 2.31. The van der Waals surface area contributed by atoms with E-state index in [9.17, 15) is 5.11 Å². The van der Waals surface area contributed by atoms with Crippen LogP contribution in [0.3, 0.4) is 0 Å². The Morgan fingerprint density at radius 3 is 1.85 bits per heavy atom. The first-order chi connectivity index (χ1) is 12.8. The van der Waals surface area contributed by atoms with Crippen LogP contribution < -0.4 is 4.74 Å². The molecule has 3 heteroatoms. The summed E-state index contributed by atoms with van der Waals surface area (Å²) in [5.74, 6) is 0.778. The minimum atomic E-state index is -0.864. The van der Waals surface area contributed by atoms with Gasteiger partial charge >= 0.3 is 0 Å². The first-order valence-electron chi connectivity index (χ1n) is 8.91. The van der Waals surface area contributed by atoms with Crippen molar-refractivity contribution in [2.45, 2.75) is 12.5 Å². The molecule has 0 aliphatic heterocycles. The van der Waals surface area contributed by atoms with E-state index < -0.39 is 5.60 Å². The first kappa shape index (κ1) is 18.2. The van der Waals surface area contributed by atoms with Crippen LogP contribution in [0.15, 0.2) is 84.9 Å². The zero-order chi connectivity index (χ0) is 18.2. The molecule has 0 radical (unpaired) electrons. The van der Waals surface area contributed by atoms with Gasteiger partial charge < -0.3 is 14.6 Å². The summed E-state index contributed by atoms with van der Waals surface area (Å²) >= 11 is 0. The van der Waals surface area contributed by atoms with Crippen molar-refractivity contribution in [2.75, 3.05) is 19.8 Å². The maximum Gasteiger partial charge on any atom is 0.147 e. The number of hydrogen-bond acceptors (Lipinski definition) is 3. The van der Waals surface area contributed by atoms with E-state index in [4.69, 9.17) is 9.47 Å². The van der Waals surface area contributed by atoms with Gasteiger partial charge in [0.2, 0.25) is 0 Å². The summed E-state index contributed by atoms with van der Waals surface area (Å²) < 4.78 is 12.3. The molecular weight excluding hydrogens is 324 g/mol. The summed E-state index contributed by atoms with van der Waals surface area (Å²) in [6.07, 6.45) is 0. The Hall–Kier alpha value is -2.62. The molecule has 0 spiro atoms. The maximum absolute atomic E-state index is 9.49. The van der Waals surface area contributed by atoms with Gasteiger partial charge in [-0.1, -0.05) is 78.9 Å². The van der Waals surface area contributed by atoms with E-state index in [0.717, 1.165) is 22.4 Å². The van der Waals surface area contributed by atoms with Gasteiger partial charge in [0.25, 0.3) is 0 Å². The fourth-order valence-corrected chi connectivity index (χ4v) is 3.31. The van der Waals surface area contributed by atoms with Crippen molar-refractivity contribution in [2.24, 2.45) is 0 Å². The molecule has 0 unspecified atom stereocenters. The molecule has 0 fully saturated rings. The van der Waals surface area contributed by atoms with E-state index in [1.165, 1.54) is 0 Å². The molecule has 0 aromatic heterocycles. The van der Waals surface area contributed by atoms with Crippen molar-refractivity contribution in [3.05, 3.63) is 102 Å². The lowest BCUT2D eigenvalue weighted by atomic mass is 9.79. The van der Waals surface area contributed by atoms with E-state index >= 15 is 0 Å². The molecule has 3 aromatic carbocycles. The number of aliphatic hydroxyl groups excluding tert-OH is 1. The summed E-state index contributed by atoms with van der Waals surface area (Å²) in [5, 5.41) is 9.49. The molecule has 1 N–H and O–H groups in total. The Bertz CT molecular complexity index is 760. The van der Waals surface area contributed by atoms with Gasteiger partial charge in [-0.3, -0.25) is 0 Å². The van der Waals surface area contributed by atoms with Crippen LogP contribution in [-0.2, 0) is 10.3 Å². The zero-order valence-corrected chi connectivity index (χ0v) is 15.0. The number of aliphatic hydroxyl groups is 1. The number of para-hydroxylation sites is 1. The zero-order valence-electron chi connectivity index (χ0n) is 15.0. The molecule has 0 atom stereocenters. The van der Waals surface area contributed by atoms with Crippen molar-refractivity contribution < 1.29 is 14.6 Å². The predicted octanol–water partition coefficient (Wildman–Crippen LogP) is 4.39. The average Bonchev–Trinajstić information content (AvgIpc) is 2.71. The third-order valence-electron chi connectivity index (χ3n) is 4.34. The number of hydrogen-bond donors (Lipinski definition) is 1. The van der Waals surface area contributed by atoms with Crippen LogP contribution in [0.2, 0.25) is 0 Å². The molecule has 134 valence electrons. The highest BCUT2D eigenvalue weighted by Gasteiger charge is 2.39. The van der Waals surface area contributed by atoms with Crippen LogP contribution in [0.1, 0.15) is 23.6 Å². The topological polar surface area (TPSA) is 38.7 Å². The molecule has 3 nitrogen and oxygen atoms in total. The first-order valence-corrected chi connectivity index (χ1v) is 8.91. The van der Waals surface area contributed by atoms with Crippen molar-refractivity contribution >= 4 is 0 Å². The Labute approximate surface area is 154 Å². The maximum atomic E-state index is 9.49. The minimum absolute atomic E-state index is 0.0573. The second-order valence-corrected chi connectivity index (χ2v) is 5.91. The molecule has 0 bridgehead atoms. The van der Waals surface area contributed by atoms with Gasteiger partial charge in [0.05, 0.1) is 19.8 Å². The Morgan fingerprint density at radius 2 is 1.31 bits per heavy atom. The summed E-state index contributed by atoms with van der Waals surface area (Å²) in [6.45, 7) is 2.69. The second-order valence-electron chi connectivity index (χ2n) is 5.91. The fourth-order valence-electron chi connectivity index (χ4n) is 3.31. The summed E-state index contributed by atoms with van der Waals surface area (Å²) in [5.41, 5.74) is 2.04. The average molecular weight is 348 g/mol. The van der Waals surface area contributed by atoms with Crippen molar-refractivity contribution in [3.8, 4) is 5.75 Å². The lowest BCUT2D eigenvalue weighted by molar-refractivity contribution is -0.00794. The summed E-state index contributed by atoms with van der Waals surface area (Å²) in [6, 6.07) is 28.1. The lowest BCUT2D eigenvalue weighted by Gasteiger charge is -2.36. The molecule has 26 heavy (non-hydrogen) atoms. The van der Waals surface area contributed by atoms with Crippen LogP contribution >= 0.6 is 0 Å². The monoisotopic (exact) mass is 348 g/mol. The highest BCUT2D eigenvalue weighted by molar-refractivity contribution is 5.52. The highest BCUT2D eigenvalue weighted by Crippen LogP contribution is 2.44. The fraction of sp³-hybridized carbons (Fsp3) is 0.217. The molecule has 0 saturated carbocycles. The summed E-state index contributed by atoms with van der Waals surface area (Å²) in [7, 11) is 0. The van der Waals surface area contributed by atoms with Crippen LogP contribution in [0.25, 0.3) is 0 Å². The van der Waals surface area contributed by atoms with Crippen molar-refractivity contribution in [1.29, 1.82) is 0 Å².